The molecule has 0 heterocycles. The van der Waals surface area contributed by atoms with Gasteiger partial charge in [-0.05, 0) is 38.0 Å². The molecule has 0 unspecified atom stereocenters. The van der Waals surface area contributed by atoms with E-state index in [4.69, 9.17) is 0 Å². The minimum Gasteiger partial charge on any atom is -0.356 e. The Morgan fingerprint density at radius 1 is 1.08 bits per heavy atom. The molecule has 0 saturated heterocycles. The molecule has 0 radical (unpaired) electrons. The Kier molecular flexibility index (Phi) is 12.3. The number of carbonyl (C=O) groups excluding carboxylic acids is 1. The molecule has 0 fully saturated rings. The van der Waals surface area contributed by atoms with Crippen LogP contribution in [-0.2, 0) is 6.54 Å². The summed E-state index contributed by atoms with van der Waals surface area (Å²) in [4.78, 5) is 18.3. The molecule has 0 saturated carbocycles. The van der Waals surface area contributed by atoms with Crippen LogP contribution >= 0.6 is 24.0 Å². The molecular weight excluding hydrogens is 415 g/mol. The number of amides is 1. The number of carbonyl (C=O) groups is 1. The summed E-state index contributed by atoms with van der Waals surface area (Å²) in [6, 6.07) is 7.77. The first kappa shape index (κ1) is 22.7. The van der Waals surface area contributed by atoms with Crippen LogP contribution in [0.2, 0.25) is 0 Å². The third kappa shape index (κ3) is 7.51. The number of nitrogens with one attached hydrogen (secondary N) is 2. The average molecular weight is 446 g/mol. The predicted octanol–water partition coefficient (Wildman–Crippen LogP) is 3.25. The topological polar surface area (TPSA) is 56.7 Å². The van der Waals surface area contributed by atoms with Crippen LogP contribution in [-0.4, -0.2) is 43.4 Å². The summed E-state index contributed by atoms with van der Waals surface area (Å²) in [5.41, 5.74) is 1.86. The van der Waals surface area contributed by atoms with E-state index in [1.54, 1.807) is 7.05 Å². The smallest absolute Gasteiger partial charge is 0.253 e. The molecule has 0 atom stereocenters. The number of benzene rings is 1. The van der Waals surface area contributed by atoms with Gasteiger partial charge in [-0.1, -0.05) is 25.5 Å². The summed E-state index contributed by atoms with van der Waals surface area (Å²) < 4.78 is 0. The maximum Gasteiger partial charge on any atom is 0.253 e. The van der Waals surface area contributed by atoms with E-state index in [0.29, 0.717) is 6.54 Å². The lowest BCUT2D eigenvalue weighted by Gasteiger charge is -2.18. The highest BCUT2D eigenvalue weighted by atomic mass is 127. The fourth-order valence-electron chi connectivity index (χ4n) is 2.25. The van der Waals surface area contributed by atoms with Gasteiger partial charge in [-0.3, -0.25) is 9.79 Å². The van der Waals surface area contributed by atoms with Crippen molar-refractivity contribution in [3.63, 3.8) is 0 Å². The highest BCUT2D eigenvalue weighted by molar-refractivity contribution is 14.0. The third-order valence-electron chi connectivity index (χ3n) is 3.76. The molecule has 1 aromatic carbocycles. The summed E-state index contributed by atoms with van der Waals surface area (Å²) in [7, 11) is 1.77. The van der Waals surface area contributed by atoms with Crippen molar-refractivity contribution in [1.29, 1.82) is 0 Å². The van der Waals surface area contributed by atoms with E-state index in [1.165, 1.54) is 0 Å². The molecule has 0 aliphatic rings. The average Bonchev–Trinajstić information content (AvgIpc) is 2.59. The number of rotatable bonds is 8. The Bertz CT molecular complexity index is 498. The molecule has 0 aromatic heterocycles. The van der Waals surface area contributed by atoms with Crippen LogP contribution in [0.25, 0.3) is 0 Å². The molecule has 1 rings (SSSR count). The number of aliphatic imine (C=N–C) groups is 1. The molecule has 5 nitrogen and oxygen atoms in total. The Balaban J connectivity index is 0.00000529. The Labute approximate surface area is 163 Å². The molecule has 24 heavy (non-hydrogen) atoms. The standard InChI is InChI=1S/C18H30N4O.HI/c1-5-8-13-20-18(19-4)21-14-15-9-11-16(12-10-15)17(23)22(6-2)7-3;/h9-12H,5-8,13-14H2,1-4H3,(H2,19,20,21);1H. The van der Waals surface area contributed by atoms with Gasteiger partial charge in [0.2, 0.25) is 0 Å². The van der Waals surface area contributed by atoms with Gasteiger partial charge in [0.25, 0.3) is 5.91 Å². The summed E-state index contributed by atoms with van der Waals surface area (Å²) in [5.74, 6) is 0.897. The quantitative estimate of drug-likeness (QED) is 0.279. The van der Waals surface area contributed by atoms with Crippen molar-refractivity contribution in [2.24, 2.45) is 4.99 Å². The molecule has 6 heteroatoms. The molecule has 0 aliphatic heterocycles. The SMILES string of the molecule is CCCCNC(=NC)NCc1ccc(C(=O)N(CC)CC)cc1.I. The second-order valence-electron chi connectivity index (χ2n) is 5.38. The summed E-state index contributed by atoms with van der Waals surface area (Å²) in [5, 5.41) is 6.56. The fraction of sp³-hybridized carbons (Fsp3) is 0.556. The van der Waals surface area contributed by atoms with Gasteiger partial charge in [-0.2, -0.15) is 0 Å². The summed E-state index contributed by atoms with van der Waals surface area (Å²) in [6.07, 6.45) is 2.29. The lowest BCUT2D eigenvalue weighted by Crippen LogP contribution is -2.37. The summed E-state index contributed by atoms with van der Waals surface area (Å²) in [6.45, 7) is 9.24. The van der Waals surface area contributed by atoms with E-state index < -0.39 is 0 Å². The van der Waals surface area contributed by atoms with Crippen molar-refractivity contribution in [1.82, 2.24) is 15.5 Å². The lowest BCUT2D eigenvalue weighted by atomic mass is 10.1. The number of nitrogens with zero attached hydrogens (tertiary/aromatic N) is 2. The van der Waals surface area contributed by atoms with E-state index in [9.17, 15) is 4.79 Å². The highest BCUT2D eigenvalue weighted by Crippen LogP contribution is 2.08. The minimum absolute atomic E-state index is 0. The van der Waals surface area contributed by atoms with Crippen LogP contribution in [0.15, 0.2) is 29.3 Å². The van der Waals surface area contributed by atoms with Crippen molar-refractivity contribution in [2.75, 3.05) is 26.7 Å². The molecular formula is C18H31IN4O. The second-order valence-corrected chi connectivity index (χ2v) is 5.38. The van der Waals surface area contributed by atoms with Gasteiger partial charge in [-0.15, -0.1) is 24.0 Å². The molecule has 1 amide bonds. The van der Waals surface area contributed by atoms with Crippen LogP contribution in [0, 0.1) is 0 Å². The van der Waals surface area contributed by atoms with E-state index >= 15 is 0 Å². The van der Waals surface area contributed by atoms with Crippen molar-refractivity contribution in [3.8, 4) is 0 Å². The van der Waals surface area contributed by atoms with Crippen molar-refractivity contribution >= 4 is 35.8 Å². The van der Waals surface area contributed by atoms with Gasteiger partial charge in [0.15, 0.2) is 5.96 Å². The van der Waals surface area contributed by atoms with Crippen LogP contribution < -0.4 is 10.6 Å². The first-order valence-corrected chi connectivity index (χ1v) is 8.48. The second kappa shape index (κ2) is 13.0. The molecule has 1 aromatic rings. The molecule has 2 N–H and O–H groups in total. The zero-order chi connectivity index (χ0) is 17.1. The maximum absolute atomic E-state index is 12.3. The Morgan fingerprint density at radius 2 is 1.71 bits per heavy atom. The Hall–Kier alpha value is -1.31. The van der Waals surface area contributed by atoms with Crippen molar-refractivity contribution in [2.45, 2.75) is 40.2 Å². The van der Waals surface area contributed by atoms with Gasteiger partial charge in [0.05, 0.1) is 0 Å². The fourth-order valence-corrected chi connectivity index (χ4v) is 2.25. The van der Waals surface area contributed by atoms with E-state index in [1.807, 2.05) is 43.0 Å². The first-order chi connectivity index (χ1) is 11.2. The van der Waals surface area contributed by atoms with Gasteiger partial charge in [0.1, 0.15) is 0 Å². The Morgan fingerprint density at radius 3 is 2.21 bits per heavy atom. The number of guanidine groups is 1. The number of halogens is 1. The zero-order valence-electron chi connectivity index (χ0n) is 15.3. The number of hydrogen-bond acceptors (Lipinski definition) is 2. The van der Waals surface area contributed by atoms with E-state index in [0.717, 1.165) is 49.6 Å². The van der Waals surface area contributed by atoms with E-state index in [2.05, 4.69) is 22.5 Å². The van der Waals surface area contributed by atoms with Gasteiger partial charge in [-0.25, -0.2) is 0 Å². The first-order valence-electron chi connectivity index (χ1n) is 8.48. The molecule has 0 spiro atoms. The van der Waals surface area contributed by atoms with Crippen molar-refractivity contribution < 1.29 is 4.79 Å². The maximum atomic E-state index is 12.3. The van der Waals surface area contributed by atoms with Crippen LogP contribution in [0.3, 0.4) is 0 Å². The minimum atomic E-state index is 0. The highest BCUT2D eigenvalue weighted by Gasteiger charge is 2.11. The van der Waals surface area contributed by atoms with Crippen LogP contribution in [0.4, 0.5) is 0 Å². The van der Waals surface area contributed by atoms with Gasteiger partial charge >= 0.3 is 0 Å². The summed E-state index contributed by atoms with van der Waals surface area (Å²) >= 11 is 0. The molecule has 0 aliphatic carbocycles. The number of unbranched alkanes of at least 4 members (excludes halogenated alkanes) is 1. The van der Waals surface area contributed by atoms with Crippen LogP contribution in [0.5, 0.6) is 0 Å². The van der Waals surface area contributed by atoms with Gasteiger partial charge < -0.3 is 15.5 Å². The van der Waals surface area contributed by atoms with Crippen LogP contribution in [0.1, 0.15) is 49.5 Å². The third-order valence-corrected chi connectivity index (χ3v) is 3.76. The predicted molar refractivity (Wildman–Crippen MR) is 112 cm³/mol. The lowest BCUT2D eigenvalue weighted by molar-refractivity contribution is 0.0773. The van der Waals surface area contributed by atoms with Gasteiger partial charge in [0, 0.05) is 38.8 Å². The zero-order valence-corrected chi connectivity index (χ0v) is 17.6. The van der Waals surface area contributed by atoms with E-state index in [-0.39, 0.29) is 29.9 Å². The number of hydrogen-bond donors (Lipinski definition) is 2. The monoisotopic (exact) mass is 446 g/mol. The molecule has 136 valence electrons. The van der Waals surface area contributed by atoms with Crippen molar-refractivity contribution in [3.05, 3.63) is 35.4 Å². The normalized spacial score (nSPS) is 10.8. The molecule has 0 bridgehead atoms. The largest absolute Gasteiger partial charge is 0.356 e.